The van der Waals surface area contributed by atoms with Crippen molar-refractivity contribution in [3.05, 3.63) is 24.5 Å². The fourth-order valence-electron chi connectivity index (χ4n) is 1.53. The van der Waals surface area contributed by atoms with E-state index < -0.39 is 6.10 Å². The van der Waals surface area contributed by atoms with E-state index in [1.54, 1.807) is 12.3 Å². The molecule has 2 N–H and O–H groups in total. The Morgan fingerprint density at radius 1 is 1.43 bits per heavy atom. The number of pyridine rings is 1. The lowest BCUT2D eigenvalue weighted by atomic mass is 10.3. The molecule has 0 fully saturated rings. The molecule has 2 aromatic rings. The van der Waals surface area contributed by atoms with E-state index >= 15 is 0 Å². The third-order valence-electron chi connectivity index (χ3n) is 2.41. The summed E-state index contributed by atoms with van der Waals surface area (Å²) < 4.78 is 18.6. The summed E-state index contributed by atoms with van der Waals surface area (Å²) >= 11 is 1.06. The number of hydrogen-bond acceptors (Lipinski definition) is 8. The molecule has 2 rings (SSSR count). The fraction of sp³-hybridized carbons (Fsp3) is 0.462. The molecule has 0 aliphatic rings. The number of nitrogens with zero attached hydrogens (tertiary/aromatic N) is 3. The maximum Gasteiger partial charge on any atom is 0.245 e. The lowest BCUT2D eigenvalue weighted by Crippen LogP contribution is -2.26. The Morgan fingerprint density at radius 2 is 2.29 bits per heavy atom. The molecule has 0 bridgehead atoms. The molecule has 0 radical (unpaired) electrons. The van der Waals surface area contributed by atoms with Crippen LogP contribution in [0.5, 0.6) is 11.8 Å². The van der Waals surface area contributed by atoms with Crippen LogP contribution in [0.4, 0.5) is 5.69 Å². The Hall–Kier alpha value is -1.93. The monoisotopic (exact) mass is 310 g/mol. The Bertz CT molecular complexity index is 536. The zero-order valence-electron chi connectivity index (χ0n) is 11.9. The Kier molecular flexibility index (Phi) is 5.70. The van der Waals surface area contributed by atoms with E-state index in [1.165, 1.54) is 6.20 Å². The van der Waals surface area contributed by atoms with Crippen LogP contribution in [0.1, 0.15) is 13.8 Å². The van der Waals surface area contributed by atoms with Crippen molar-refractivity contribution in [2.75, 3.05) is 18.5 Å². The predicted octanol–water partition coefficient (Wildman–Crippen LogP) is 1.57. The van der Waals surface area contributed by atoms with Crippen LogP contribution in [0.3, 0.4) is 0 Å². The molecule has 0 aliphatic carbocycles. The van der Waals surface area contributed by atoms with Gasteiger partial charge in [0.15, 0.2) is 0 Å². The van der Waals surface area contributed by atoms with E-state index in [0.29, 0.717) is 18.3 Å². The van der Waals surface area contributed by atoms with Gasteiger partial charge in [-0.3, -0.25) is 0 Å². The molecule has 21 heavy (non-hydrogen) atoms. The van der Waals surface area contributed by atoms with Crippen LogP contribution in [0.15, 0.2) is 24.5 Å². The summed E-state index contributed by atoms with van der Waals surface area (Å²) in [5.74, 6) is 0.938. The second-order valence-corrected chi connectivity index (χ2v) is 5.17. The molecule has 0 saturated carbocycles. The Morgan fingerprint density at radius 3 is 3.00 bits per heavy atom. The van der Waals surface area contributed by atoms with Gasteiger partial charge in [-0.15, -0.1) is 4.37 Å². The summed E-state index contributed by atoms with van der Waals surface area (Å²) in [4.78, 5) is 4.17. The molecule has 0 spiro atoms. The SMILES string of the molecule is CC(C)Oc1ncccc1NCC(O)COc1cnsn1. The lowest BCUT2D eigenvalue weighted by Gasteiger charge is -2.16. The van der Waals surface area contributed by atoms with Gasteiger partial charge < -0.3 is 19.9 Å². The highest BCUT2D eigenvalue weighted by Crippen LogP contribution is 2.21. The highest BCUT2D eigenvalue weighted by Gasteiger charge is 2.10. The zero-order chi connectivity index (χ0) is 15.1. The van der Waals surface area contributed by atoms with Gasteiger partial charge in [-0.25, -0.2) is 4.98 Å². The minimum Gasteiger partial charge on any atom is -0.473 e. The number of aliphatic hydroxyl groups excluding tert-OH is 1. The molecule has 8 heteroatoms. The number of rotatable bonds is 8. The average Bonchev–Trinajstić information content (AvgIpc) is 2.97. The minimum atomic E-state index is -0.682. The summed E-state index contributed by atoms with van der Waals surface area (Å²) in [5, 5.41) is 13.0. The Labute approximate surface area is 127 Å². The molecular weight excluding hydrogens is 292 g/mol. The van der Waals surface area contributed by atoms with E-state index in [9.17, 15) is 5.11 Å². The van der Waals surface area contributed by atoms with E-state index in [2.05, 4.69) is 19.0 Å². The first-order chi connectivity index (χ1) is 10.1. The van der Waals surface area contributed by atoms with Crippen molar-refractivity contribution >= 4 is 17.4 Å². The largest absolute Gasteiger partial charge is 0.473 e. The number of anilines is 1. The van der Waals surface area contributed by atoms with Crippen LogP contribution in [0, 0.1) is 0 Å². The molecule has 0 amide bonds. The molecule has 2 aromatic heterocycles. The number of aliphatic hydroxyl groups is 1. The highest BCUT2D eigenvalue weighted by atomic mass is 32.1. The second-order valence-electron chi connectivity index (χ2n) is 4.61. The molecule has 0 aliphatic heterocycles. The van der Waals surface area contributed by atoms with Gasteiger partial charge in [0.25, 0.3) is 0 Å². The van der Waals surface area contributed by atoms with Crippen molar-refractivity contribution in [3.8, 4) is 11.8 Å². The normalized spacial score (nSPS) is 12.2. The van der Waals surface area contributed by atoms with Crippen LogP contribution >= 0.6 is 11.7 Å². The summed E-state index contributed by atoms with van der Waals surface area (Å²) in [6, 6.07) is 3.65. The topological polar surface area (TPSA) is 89.4 Å². The van der Waals surface area contributed by atoms with Crippen molar-refractivity contribution in [2.24, 2.45) is 0 Å². The van der Waals surface area contributed by atoms with E-state index in [1.807, 2.05) is 19.9 Å². The zero-order valence-corrected chi connectivity index (χ0v) is 12.7. The van der Waals surface area contributed by atoms with Gasteiger partial charge in [-0.05, 0) is 26.0 Å². The van der Waals surface area contributed by atoms with Gasteiger partial charge in [-0.1, -0.05) is 0 Å². The molecule has 114 valence electrons. The first-order valence-electron chi connectivity index (χ1n) is 6.59. The lowest BCUT2D eigenvalue weighted by molar-refractivity contribution is 0.115. The smallest absolute Gasteiger partial charge is 0.245 e. The van der Waals surface area contributed by atoms with Gasteiger partial charge in [0, 0.05) is 12.7 Å². The fourth-order valence-corrected chi connectivity index (χ4v) is 1.90. The van der Waals surface area contributed by atoms with Gasteiger partial charge in [0.05, 0.1) is 23.5 Å². The number of nitrogens with one attached hydrogen (secondary N) is 1. The van der Waals surface area contributed by atoms with Crippen molar-refractivity contribution in [2.45, 2.75) is 26.1 Å². The average molecular weight is 310 g/mol. The molecule has 0 saturated heterocycles. The molecule has 7 nitrogen and oxygen atoms in total. The van der Waals surface area contributed by atoms with E-state index in [0.717, 1.165) is 17.4 Å². The first-order valence-corrected chi connectivity index (χ1v) is 7.32. The van der Waals surface area contributed by atoms with Gasteiger partial charge in [-0.2, -0.15) is 4.37 Å². The highest BCUT2D eigenvalue weighted by molar-refractivity contribution is 6.99. The summed E-state index contributed by atoms with van der Waals surface area (Å²) in [6.07, 6.45) is 2.53. The number of ether oxygens (including phenoxy) is 2. The number of hydrogen-bond donors (Lipinski definition) is 2. The first kappa shape index (κ1) is 15.5. The molecule has 1 unspecified atom stereocenters. The van der Waals surface area contributed by atoms with E-state index in [4.69, 9.17) is 9.47 Å². The van der Waals surface area contributed by atoms with Gasteiger partial charge >= 0.3 is 0 Å². The number of aromatic nitrogens is 3. The van der Waals surface area contributed by atoms with Crippen molar-refractivity contribution in [1.82, 2.24) is 13.7 Å². The van der Waals surface area contributed by atoms with Crippen molar-refractivity contribution in [1.29, 1.82) is 0 Å². The quantitative estimate of drug-likeness (QED) is 0.765. The van der Waals surface area contributed by atoms with Crippen LogP contribution in [0.2, 0.25) is 0 Å². The summed E-state index contributed by atoms with van der Waals surface area (Å²) in [5.41, 5.74) is 0.737. The molecular formula is C13H18N4O3S. The summed E-state index contributed by atoms with van der Waals surface area (Å²) in [6.45, 7) is 4.32. The predicted molar refractivity (Wildman–Crippen MR) is 79.9 cm³/mol. The molecule has 0 aromatic carbocycles. The van der Waals surface area contributed by atoms with Crippen LogP contribution in [0.25, 0.3) is 0 Å². The van der Waals surface area contributed by atoms with Crippen LogP contribution in [-0.4, -0.2) is 44.2 Å². The third kappa shape index (κ3) is 5.16. The van der Waals surface area contributed by atoms with Crippen LogP contribution < -0.4 is 14.8 Å². The third-order valence-corrected chi connectivity index (χ3v) is 2.87. The van der Waals surface area contributed by atoms with Gasteiger partial charge in [0.1, 0.15) is 18.9 Å². The van der Waals surface area contributed by atoms with Crippen molar-refractivity contribution < 1.29 is 14.6 Å². The molecule has 1 atom stereocenters. The van der Waals surface area contributed by atoms with Crippen molar-refractivity contribution in [3.63, 3.8) is 0 Å². The second kappa shape index (κ2) is 7.75. The van der Waals surface area contributed by atoms with Gasteiger partial charge in [0.2, 0.25) is 11.8 Å². The maximum atomic E-state index is 9.89. The Balaban J connectivity index is 1.81. The summed E-state index contributed by atoms with van der Waals surface area (Å²) in [7, 11) is 0. The van der Waals surface area contributed by atoms with Crippen LogP contribution in [-0.2, 0) is 0 Å². The minimum absolute atomic E-state index is 0.0332. The van der Waals surface area contributed by atoms with E-state index in [-0.39, 0.29) is 12.7 Å². The maximum absolute atomic E-state index is 9.89. The standard InChI is InChI=1S/C13H18N4O3S/c1-9(2)20-13-11(4-3-5-14-13)15-6-10(18)8-19-12-7-16-21-17-12/h3-5,7,9-10,15,18H,6,8H2,1-2H3. The molecule has 2 heterocycles.